The Kier molecular flexibility index (Phi) is 6.07. The lowest BCUT2D eigenvalue weighted by molar-refractivity contribution is -0.122. The molecule has 0 aliphatic heterocycles. The van der Waals surface area contributed by atoms with Crippen LogP contribution in [-0.4, -0.2) is 27.9 Å². The second-order valence-corrected chi connectivity index (χ2v) is 7.28. The molecule has 0 aliphatic carbocycles. The van der Waals surface area contributed by atoms with E-state index >= 15 is 0 Å². The topological polar surface area (TPSA) is 93.2 Å². The second-order valence-electron chi connectivity index (χ2n) is 7.28. The van der Waals surface area contributed by atoms with Crippen LogP contribution in [0.1, 0.15) is 13.8 Å². The fourth-order valence-electron chi connectivity index (χ4n) is 3.14. The van der Waals surface area contributed by atoms with Crippen molar-refractivity contribution in [3.8, 4) is 17.0 Å². The second kappa shape index (κ2) is 9.26. The van der Waals surface area contributed by atoms with Crippen LogP contribution in [-0.2, 0) is 9.59 Å². The number of anilines is 2. The minimum absolute atomic E-state index is 0.150. The van der Waals surface area contributed by atoms with Crippen LogP contribution < -0.4 is 15.4 Å². The molecule has 0 fully saturated rings. The van der Waals surface area contributed by atoms with Crippen LogP contribution in [0.5, 0.6) is 5.75 Å². The molecule has 3 aromatic carbocycles. The first-order valence-corrected chi connectivity index (χ1v) is 10.2. The van der Waals surface area contributed by atoms with Gasteiger partial charge in [0.25, 0.3) is 5.91 Å². The van der Waals surface area contributed by atoms with Crippen LogP contribution in [0.15, 0.2) is 79.0 Å². The van der Waals surface area contributed by atoms with Gasteiger partial charge in [-0.2, -0.15) is 0 Å². The lowest BCUT2D eigenvalue weighted by Crippen LogP contribution is -2.30. The maximum Gasteiger partial charge on any atom is 0.265 e. The Bertz CT molecular complexity index is 1250. The molecule has 2 N–H and O–H groups in total. The molecule has 7 nitrogen and oxygen atoms in total. The van der Waals surface area contributed by atoms with Gasteiger partial charge in [0.2, 0.25) is 5.91 Å². The number of rotatable bonds is 6. The first-order chi connectivity index (χ1) is 15.5. The molecule has 0 saturated heterocycles. The number of ether oxygens (including phenoxy) is 1. The van der Waals surface area contributed by atoms with E-state index < -0.39 is 6.10 Å². The van der Waals surface area contributed by atoms with Gasteiger partial charge >= 0.3 is 0 Å². The van der Waals surface area contributed by atoms with Gasteiger partial charge in [0, 0.05) is 23.9 Å². The lowest BCUT2D eigenvalue weighted by Gasteiger charge is -2.15. The number of carbonyl (C=O) groups excluding carboxylic acids is 2. The van der Waals surface area contributed by atoms with Crippen molar-refractivity contribution in [2.75, 3.05) is 10.6 Å². The smallest absolute Gasteiger partial charge is 0.265 e. The van der Waals surface area contributed by atoms with Crippen molar-refractivity contribution in [1.29, 1.82) is 0 Å². The number of carbonyl (C=O) groups is 2. The molecule has 7 heteroatoms. The van der Waals surface area contributed by atoms with Crippen molar-refractivity contribution < 1.29 is 14.3 Å². The Morgan fingerprint density at radius 1 is 0.844 bits per heavy atom. The molecule has 32 heavy (non-hydrogen) atoms. The normalized spacial score (nSPS) is 11.6. The van der Waals surface area contributed by atoms with Gasteiger partial charge in [-0.1, -0.05) is 12.1 Å². The molecular formula is C25H22N4O3. The van der Waals surface area contributed by atoms with Gasteiger partial charge in [0.15, 0.2) is 6.10 Å². The van der Waals surface area contributed by atoms with Crippen molar-refractivity contribution in [2.24, 2.45) is 0 Å². The Morgan fingerprint density at radius 3 is 2.12 bits per heavy atom. The average Bonchev–Trinajstić information content (AvgIpc) is 2.80. The van der Waals surface area contributed by atoms with E-state index in [9.17, 15) is 9.59 Å². The summed E-state index contributed by atoms with van der Waals surface area (Å²) in [7, 11) is 0. The number of benzene rings is 3. The maximum absolute atomic E-state index is 12.5. The summed E-state index contributed by atoms with van der Waals surface area (Å²) in [6.07, 6.45) is 1.04. The van der Waals surface area contributed by atoms with Gasteiger partial charge in [-0.25, -0.2) is 4.98 Å². The zero-order valence-electron chi connectivity index (χ0n) is 17.7. The van der Waals surface area contributed by atoms with Crippen LogP contribution in [0.3, 0.4) is 0 Å². The van der Waals surface area contributed by atoms with Gasteiger partial charge in [-0.05, 0) is 67.6 Å². The van der Waals surface area contributed by atoms with E-state index in [2.05, 4.69) is 20.6 Å². The van der Waals surface area contributed by atoms with Gasteiger partial charge in [0.1, 0.15) is 5.75 Å². The Hall–Kier alpha value is -4.26. The molecule has 160 valence electrons. The van der Waals surface area contributed by atoms with Crippen molar-refractivity contribution >= 4 is 34.2 Å². The predicted molar refractivity (Wildman–Crippen MR) is 124 cm³/mol. The maximum atomic E-state index is 12.5. The average molecular weight is 426 g/mol. The van der Waals surface area contributed by atoms with E-state index in [0.717, 1.165) is 22.3 Å². The minimum atomic E-state index is -0.698. The molecule has 1 heterocycles. The highest BCUT2D eigenvalue weighted by Crippen LogP contribution is 2.23. The summed E-state index contributed by atoms with van der Waals surface area (Å²) in [6.45, 7) is 3.13. The SMILES string of the molecule is CC(=O)Nc1ccc(NC(=O)[C@H](C)Oc2ccc(-c3cnc4ccccc4n3)cc2)cc1. The molecular weight excluding hydrogens is 404 g/mol. The van der Waals surface area contributed by atoms with Crippen molar-refractivity contribution in [2.45, 2.75) is 20.0 Å². The third-order valence-corrected chi connectivity index (χ3v) is 4.75. The van der Waals surface area contributed by atoms with E-state index in [0.29, 0.717) is 17.1 Å². The van der Waals surface area contributed by atoms with Gasteiger partial charge in [0.05, 0.1) is 22.9 Å². The van der Waals surface area contributed by atoms with E-state index in [4.69, 9.17) is 4.74 Å². The monoisotopic (exact) mass is 426 g/mol. The van der Waals surface area contributed by atoms with Crippen LogP contribution in [0, 0.1) is 0 Å². The Labute approximate surface area is 185 Å². The summed E-state index contributed by atoms with van der Waals surface area (Å²) in [5.74, 6) is 0.149. The van der Waals surface area contributed by atoms with Gasteiger partial charge in [-0.3, -0.25) is 14.6 Å². The first kappa shape index (κ1) is 21.0. The quantitative estimate of drug-likeness (QED) is 0.468. The summed E-state index contributed by atoms with van der Waals surface area (Å²) in [5.41, 5.74) is 4.64. The van der Waals surface area contributed by atoms with Crippen LogP contribution in [0.2, 0.25) is 0 Å². The summed E-state index contributed by atoms with van der Waals surface area (Å²) in [4.78, 5) is 32.6. The number of nitrogens with zero attached hydrogens (tertiary/aromatic N) is 2. The third-order valence-electron chi connectivity index (χ3n) is 4.75. The zero-order valence-corrected chi connectivity index (χ0v) is 17.7. The molecule has 1 aromatic heterocycles. The molecule has 0 spiro atoms. The number of hydrogen-bond donors (Lipinski definition) is 2. The van der Waals surface area contributed by atoms with Crippen LogP contribution in [0.25, 0.3) is 22.3 Å². The molecule has 4 rings (SSSR count). The molecule has 1 atom stereocenters. The van der Waals surface area contributed by atoms with Crippen molar-refractivity contribution in [1.82, 2.24) is 9.97 Å². The zero-order chi connectivity index (χ0) is 22.5. The van der Waals surface area contributed by atoms with Crippen LogP contribution >= 0.6 is 0 Å². The van der Waals surface area contributed by atoms with E-state index in [1.807, 2.05) is 36.4 Å². The summed E-state index contributed by atoms with van der Waals surface area (Å²) in [5, 5.41) is 5.48. The number of fused-ring (bicyclic) bond motifs is 1. The van der Waals surface area contributed by atoms with Crippen molar-refractivity contribution in [3.05, 3.63) is 79.0 Å². The first-order valence-electron chi connectivity index (χ1n) is 10.2. The number of hydrogen-bond acceptors (Lipinski definition) is 5. The highest BCUT2D eigenvalue weighted by molar-refractivity contribution is 5.94. The molecule has 0 bridgehead atoms. The predicted octanol–water partition coefficient (Wildman–Crippen LogP) is 4.66. The standard InChI is InChI=1S/C25H22N4O3/c1-16(25(31)28-20-11-9-19(10-12-20)27-17(2)30)32-21-13-7-18(8-14-21)24-15-26-22-5-3-4-6-23(22)29-24/h3-16H,1-2H3,(H,27,30)(H,28,31)/t16-/m0/s1. The fourth-order valence-corrected chi connectivity index (χ4v) is 3.14. The molecule has 2 amide bonds. The van der Waals surface area contributed by atoms with E-state index in [-0.39, 0.29) is 11.8 Å². The van der Waals surface area contributed by atoms with Gasteiger partial charge < -0.3 is 15.4 Å². The third kappa shape index (κ3) is 5.07. The molecule has 0 aliphatic rings. The highest BCUT2D eigenvalue weighted by Gasteiger charge is 2.15. The number of nitrogens with one attached hydrogen (secondary N) is 2. The number of aromatic nitrogens is 2. The van der Waals surface area contributed by atoms with Gasteiger partial charge in [-0.15, -0.1) is 0 Å². The molecule has 0 saturated carbocycles. The number of amides is 2. The van der Waals surface area contributed by atoms with Crippen LogP contribution in [0.4, 0.5) is 11.4 Å². The Morgan fingerprint density at radius 2 is 1.47 bits per heavy atom. The van der Waals surface area contributed by atoms with Crippen molar-refractivity contribution in [3.63, 3.8) is 0 Å². The molecule has 0 unspecified atom stereocenters. The fraction of sp³-hybridized carbons (Fsp3) is 0.120. The van der Waals surface area contributed by atoms with E-state index in [1.165, 1.54) is 6.92 Å². The largest absolute Gasteiger partial charge is 0.481 e. The minimum Gasteiger partial charge on any atom is -0.481 e. The molecule has 0 radical (unpaired) electrons. The Balaban J connectivity index is 1.38. The summed E-state index contributed by atoms with van der Waals surface area (Å²) < 4.78 is 5.78. The lowest BCUT2D eigenvalue weighted by atomic mass is 10.1. The number of para-hydroxylation sites is 2. The molecule has 4 aromatic rings. The van der Waals surface area contributed by atoms with E-state index in [1.54, 1.807) is 49.5 Å². The highest BCUT2D eigenvalue weighted by atomic mass is 16.5. The summed E-state index contributed by atoms with van der Waals surface area (Å²) >= 11 is 0. The summed E-state index contributed by atoms with van der Waals surface area (Å²) in [6, 6.07) is 22.0.